The van der Waals surface area contributed by atoms with E-state index in [0.717, 1.165) is 50.8 Å². The molecule has 2 aromatic heterocycles. The van der Waals surface area contributed by atoms with Gasteiger partial charge in [0.1, 0.15) is 0 Å². The Labute approximate surface area is 141 Å². The molecule has 0 amide bonds. The zero-order valence-corrected chi connectivity index (χ0v) is 14.0. The minimum Gasteiger partial charge on any atom is -0.310 e. The highest BCUT2D eigenvalue weighted by Crippen LogP contribution is 2.28. The van der Waals surface area contributed by atoms with Gasteiger partial charge in [-0.2, -0.15) is 10.2 Å². The molecule has 0 atom stereocenters. The van der Waals surface area contributed by atoms with Crippen molar-refractivity contribution >= 4 is 0 Å². The Morgan fingerprint density at radius 1 is 1.21 bits per heavy atom. The third-order valence-corrected chi connectivity index (χ3v) is 5.42. The van der Waals surface area contributed by atoms with Gasteiger partial charge < -0.3 is 5.32 Å². The van der Waals surface area contributed by atoms with Gasteiger partial charge in [0.2, 0.25) is 0 Å². The SMILES string of the molecule is O=c1cc2c(nn1C1CCC(NCc3cn[nH]c3)CC1)CCCC2. The summed E-state index contributed by atoms with van der Waals surface area (Å²) in [6, 6.07) is 2.62. The van der Waals surface area contributed by atoms with Crippen LogP contribution in [0.25, 0.3) is 0 Å². The summed E-state index contributed by atoms with van der Waals surface area (Å²) >= 11 is 0. The lowest BCUT2D eigenvalue weighted by Crippen LogP contribution is -2.37. The summed E-state index contributed by atoms with van der Waals surface area (Å²) in [6.45, 7) is 0.850. The molecule has 0 radical (unpaired) electrons. The molecule has 2 aromatic rings. The predicted octanol–water partition coefficient (Wildman–Crippen LogP) is 2.12. The number of nitrogens with one attached hydrogen (secondary N) is 2. The van der Waals surface area contributed by atoms with E-state index in [1.165, 1.54) is 24.0 Å². The minimum absolute atomic E-state index is 0.0884. The molecule has 2 aliphatic rings. The van der Waals surface area contributed by atoms with Crippen LogP contribution in [0.15, 0.2) is 23.3 Å². The maximum absolute atomic E-state index is 12.4. The van der Waals surface area contributed by atoms with Gasteiger partial charge in [0.05, 0.1) is 17.9 Å². The summed E-state index contributed by atoms with van der Waals surface area (Å²) in [5.41, 5.74) is 3.61. The Bertz CT molecular complexity index is 728. The van der Waals surface area contributed by atoms with E-state index in [-0.39, 0.29) is 11.6 Å². The summed E-state index contributed by atoms with van der Waals surface area (Å²) in [5.74, 6) is 0. The predicted molar refractivity (Wildman–Crippen MR) is 91.9 cm³/mol. The summed E-state index contributed by atoms with van der Waals surface area (Å²) in [4.78, 5) is 12.4. The maximum atomic E-state index is 12.4. The molecule has 1 saturated carbocycles. The monoisotopic (exact) mass is 327 g/mol. The lowest BCUT2D eigenvalue weighted by atomic mass is 9.91. The lowest BCUT2D eigenvalue weighted by Gasteiger charge is -2.30. The van der Waals surface area contributed by atoms with Crippen LogP contribution in [-0.4, -0.2) is 26.0 Å². The van der Waals surface area contributed by atoms with Crippen molar-refractivity contribution in [2.45, 2.75) is 70.0 Å². The van der Waals surface area contributed by atoms with Crippen LogP contribution in [0.4, 0.5) is 0 Å². The Morgan fingerprint density at radius 2 is 2.04 bits per heavy atom. The summed E-state index contributed by atoms with van der Waals surface area (Å²) < 4.78 is 1.77. The van der Waals surface area contributed by atoms with Gasteiger partial charge in [0.25, 0.3) is 5.56 Å². The van der Waals surface area contributed by atoms with Crippen molar-refractivity contribution in [3.05, 3.63) is 45.6 Å². The molecule has 2 aliphatic carbocycles. The van der Waals surface area contributed by atoms with Crippen LogP contribution < -0.4 is 10.9 Å². The Morgan fingerprint density at radius 3 is 2.83 bits per heavy atom. The standard InChI is InChI=1S/C18H25N5O/c24-18-9-14-3-1-2-4-17(14)22-23(18)16-7-5-15(6-8-16)19-10-13-11-20-21-12-13/h9,11-12,15-16,19H,1-8,10H2,(H,20,21). The first kappa shape index (κ1) is 15.6. The Hall–Kier alpha value is -1.95. The van der Waals surface area contributed by atoms with Crippen LogP contribution in [0, 0.1) is 0 Å². The fraction of sp³-hybridized carbons (Fsp3) is 0.611. The molecule has 24 heavy (non-hydrogen) atoms. The topological polar surface area (TPSA) is 75.6 Å². The lowest BCUT2D eigenvalue weighted by molar-refractivity contribution is 0.266. The third-order valence-electron chi connectivity index (χ3n) is 5.42. The van der Waals surface area contributed by atoms with Crippen molar-refractivity contribution in [3.8, 4) is 0 Å². The van der Waals surface area contributed by atoms with E-state index in [1.807, 2.05) is 18.5 Å². The second kappa shape index (κ2) is 6.89. The number of nitrogens with zero attached hydrogens (tertiary/aromatic N) is 3. The van der Waals surface area contributed by atoms with Crippen molar-refractivity contribution < 1.29 is 0 Å². The number of hydrogen-bond donors (Lipinski definition) is 2. The van der Waals surface area contributed by atoms with Gasteiger partial charge in [0, 0.05) is 30.4 Å². The van der Waals surface area contributed by atoms with Gasteiger partial charge in [-0.25, -0.2) is 4.68 Å². The van der Waals surface area contributed by atoms with Gasteiger partial charge in [-0.15, -0.1) is 0 Å². The quantitative estimate of drug-likeness (QED) is 0.902. The smallest absolute Gasteiger partial charge is 0.267 e. The highest BCUT2D eigenvalue weighted by molar-refractivity contribution is 5.20. The first-order valence-corrected chi connectivity index (χ1v) is 9.12. The average Bonchev–Trinajstić information content (AvgIpc) is 3.13. The summed E-state index contributed by atoms with van der Waals surface area (Å²) in [5, 5.41) is 15.1. The van der Waals surface area contributed by atoms with Gasteiger partial charge in [-0.1, -0.05) is 0 Å². The summed E-state index contributed by atoms with van der Waals surface area (Å²) in [6.07, 6.45) is 12.4. The van der Waals surface area contributed by atoms with Crippen molar-refractivity contribution in [2.75, 3.05) is 0 Å². The second-order valence-corrected chi connectivity index (χ2v) is 7.10. The molecule has 6 nitrogen and oxygen atoms in total. The molecule has 128 valence electrons. The van der Waals surface area contributed by atoms with Crippen LogP contribution >= 0.6 is 0 Å². The van der Waals surface area contributed by atoms with E-state index in [9.17, 15) is 4.79 Å². The molecule has 1 fully saturated rings. The molecule has 6 heteroatoms. The highest BCUT2D eigenvalue weighted by atomic mass is 16.1. The largest absolute Gasteiger partial charge is 0.310 e. The van der Waals surface area contributed by atoms with Crippen LogP contribution in [0.3, 0.4) is 0 Å². The molecule has 2 N–H and O–H groups in total. The number of aromatic nitrogens is 4. The zero-order valence-electron chi connectivity index (χ0n) is 14.0. The van der Waals surface area contributed by atoms with E-state index in [1.54, 1.807) is 4.68 Å². The molecular formula is C18H25N5O. The average molecular weight is 327 g/mol. The number of H-pyrrole nitrogens is 1. The van der Waals surface area contributed by atoms with Crippen molar-refractivity contribution in [1.29, 1.82) is 0 Å². The first-order chi connectivity index (χ1) is 11.8. The molecule has 2 heterocycles. The van der Waals surface area contributed by atoms with Gasteiger partial charge in [-0.3, -0.25) is 9.89 Å². The van der Waals surface area contributed by atoms with E-state index in [4.69, 9.17) is 5.10 Å². The van der Waals surface area contributed by atoms with E-state index < -0.39 is 0 Å². The van der Waals surface area contributed by atoms with E-state index >= 15 is 0 Å². The van der Waals surface area contributed by atoms with Gasteiger partial charge >= 0.3 is 0 Å². The van der Waals surface area contributed by atoms with Crippen LogP contribution in [0.2, 0.25) is 0 Å². The molecule has 4 rings (SSSR count). The van der Waals surface area contributed by atoms with Crippen LogP contribution in [0.1, 0.15) is 61.4 Å². The molecule has 0 aliphatic heterocycles. The fourth-order valence-corrected chi connectivity index (χ4v) is 4.00. The van der Waals surface area contributed by atoms with Gasteiger partial charge in [-0.05, 0) is 56.9 Å². The van der Waals surface area contributed by atoms with Crippen molar-refractivity contribution in [1.82, 2.24) is 25.3 Å². The van der Waals surface area contributed by atoms with Crippen molar-refractivity contribution in [3.63, 3.8) is 0 Å². The fourth-order valence-electron chi connectivity index (χ4n) is 4.00. The van der Waals surface area contributed by atoms with Crippen LogP contribution in [-0.2, 0) is 19.4 Å². The molecule has 0 saturated heterocycles. The van der Waals surface area contributed by atoms with E-state index in [0.29, 0.717) is 6.04 Å². The van der Waals surface area contributed by atoms with Crippen molar-refractivity contribution in [2.24, 2.45) is 0 Å². The molecular weight excluding hydrogens is 302 g/mol. The second-order valence-electron chi connectivity index (χ2n) is 7.10. The third kappa shape index (κ3) is 3.29. The number of fused-ring (bicyclic) bond motifs is 1. The van der Waals surface area contributed by atoms with Gasteiger partial charge in [0.15, 0.2) is 0 Å². The highest BCUT2D eigenvalue weighted by Gasteiger charge is 2.24. The zero-order chi connectivity index (χ0) is 16.4. The number of aromatic amines is 1. The number of rotatable bonds is 4. The molecule has 0 spiro atoms. The molecule has 0 unspecified atom stereocenters. The maximum Gasteiger partial charge on any atom is 0.267 e. The molecule has 0 bridgehead atoms. The first-order valence-electron chi connectivity index (χ1n) is 9.12. The Kier molecular flexibility index (Phi) is 4.47. The minimum atomic E-state index is 0.0884. The normalized spacial score (nSPS) is 23.8. The number of hydrogen-bond acceptors (Lipinski definition) is 4. The van der Waals surface area contributed by atoms with E-state index in [2.05, 4.69) is 15.5 Å². The summed E-state index contributed by atoms with van der Waals surface area (Å²) in [7, 11) is 0. The Balaban J connectivity index is 1.38. The number of aryl methyl sites for hydroxylation is 2. The molecule has 0 aromatic carbocycles. The van der Waals surface area contributed by atoms with Crippen LogP contribution in [0.5, 0.6) is 0 Å².